The Morgan fingerprint density at radius 3 is 2.41 bits per heavy atom. The standard InChI is InChI=1S/C20H16ClF2N3O/c21-14-8-6-13(7-9-14)19-17-5-2-10-25(17)11-12-26(19)20(27)24-18-15(22)3-1-4-16(18)23/h1-10,19H,11-12H2,(H,24,27)/t19-/m0/s1. The Hall–Kier alpha value is -2.86. The van der Waals surface area contributed by atoms with Gasteiger partial charge in [0, 0.05) is 30.0 Å². The van der Waals surface area contributed by atoms with E-state index in [1.165, 1.54) is 6.07 Å². The number of rotatable bonds is 2. The first-order valence-corrected chi connectivity index (χ1v) is 8.84. The molecule has 138 valence electrons. The number of carbonyl (C=O) groups excluding carboxylic acids is 1. The summed E-state index contributed by atoms with van der Waals surface area (Å²) in [5.74, 6) is -1.63. The average Bonchev–Trinajstić information content (AvgIpc) is 3.13. The van der Waals surface area contributed by atoms with Gasteiger partial charge in [-0.25, -0.2) is 13.6 Å². The molecule has 1 aliphatic heterocycles. The molecule has 0 aliphatic carbocycles. The van der Waals surface area contributed by atoms with E-state index in [-0.39, 0.29) is 6.04 Å². The predicted molar refractivity (Wildman–Crippen MR) is 99.8 cm³/mol. The molecule has 7 heteroatoms. The highest BCUT2D eigenvalue weighted by Crippen LogP contribution is 2.33. The van der Waals surface area contributed by atoms with Crippen molar-refractivity contribution in [3.63, 3.8) is 0 Å². The molecule has 0 bridgehead atoms. The Bertz CT molecular complexity index is 967. The molecule has 0 fully saturated rings. The normalized spacial score (nSPS) is 16.1. The molecule has 4 rings (SSSR count). The quantitative estimate of drug-likeness (QED) is 0.656. The van der Waals surface area contributed by atoms with Gasteiger partial charge in [0.05, 0.1) is 6.04 Å². The third-order valence-electron chi connectivity index (χ3n) is 4.68. The number of fused-ring (bicyclic) bond motifs is 1. The molecule has 4 nitrogen and oxygen atoms in total. The van der Waals surface area contributed by atoms with Gasteiger partial charge in [-0.3, -0.25) is 0 Å². The number of hydrogen-bond acceptors (Lipinski definition) is 1. The molecular weight excluding hydrogens is 372 g/mol. The molecule has 0 saturated heterocycles. The summed E-state index contributed by atoms with van der Waals surface area (Å²) >= 11 is 5.99. The summed E-state index contributed by atoms with van der Waals surface area (Å²) in [4.78, 5) is 14.5. The third-order valence-corrected chi connectivity index (χ3v) is 4.93. The van der Waals surface area contributed by atoms with Crippen LogP contribution in [0, 0.1) is 11.6 Å². The smallest absolute Gasteiger partial charge is 0.322 e. The molecule has 1 N–H and O–H groups in total. The largest absolute Gasteiger partial charge is 0.348 e. The van der Waals surface area contributed by atoms with Gasteiger partial charge >= 0.3 is 6.03 Å². The van der Waals surface area contributed by atoms with E-state index in [9.17, 15) is 13.6 Å². The van der Waals surface area contributed by atoms with Crippen LogP contribution in [0.3, 0.4) is 0 Å². The minimum absolute atomic E-state index is 0.388. The Morgan fingerprint density at radius 1 is 1.00 bits per heavy atom. The van der Waals surface area contributed by atoms with Crippen LogP contribution in [-0.2, 0) is 6.54 Å². The van der Waals surface area contributed by atoms with Crippen molar-refractivity contribution < 1.29 is 13.6 Å². The van der Waals surface area contributed by atoms with Gasteiger partial charge in [-0.15, -0.1) is 0 Å². The Labute approximate surface area is 160 Å². The number of carbonyl (C=O) groups is 1. The van der Waals surface area contributed by atoms with Gasteiger partial charge in [0.15, 0.2) is 0 Å². The van der Waals surface area contributed by atoms with E-state index in [4.69, 9.17) is 11.6 Å². The van der Waals surface area contributed by atoms with Crippen molar-refractivity contribution in [2.75, 3.05) is 11.9 Å². The van der Waals surface area contributed by atoms with Crippen LogP contribution in [0.5, 0.6) is 0 Å². The van der Waals surface area contributed by atoms with Crippen LogP contribution in [0.2, 0.25) is 5.02 Å². The van der Waals surface area contributed by atoms with Gasteiger partial charge in [0.2, 0.25) is 0 Å². The molecule has 27 heavy (non-hydrogen) atoms. The number of urea groups is 1. The molecule has 2 aromatic carbocycles. The highest BCUT2D eigenvalue weighted by molar-refractivity contribution is 6.30. The lowest BCUT2D eigenvalue weighted by atomic mass is 10.0. The van der Waals surface area contributed by atoms with Crippen LogP contribution in [0.15, 0.2) is 60.8 Å². The SMILES string of the molecule is O=C(Nc1c(F)cccc1F)N1CCn2cccc2[C@@H]1c1ccc(Cl)cc1. The highest BCUT2D eigenvalue weighted by atomic mass is 35.5. The maximum atomic E-state index is 13.9. The zero-order chi connectivity index (χ0) is 19.0. The first kappa shape index (κ1) is 17.5. The van der Waals surface area contributed by atoms with Crippen molar-refractivity contribution in [1.29, 1.82) is 0 Å². The maximum Gasteiger partial charge on any atom is 0.322 e. The second kappa shape index (κ2) is 7.04. The van der Waals surface area contributed by atoms with Gasteiger partial charge in [0.1, 0.15) is 17.3 Å². The number of amides is 2. The number of benzene rings is 2. The molecule has 2 amide bonds. The molecule has 0 saturated carbocycles. The molecule has 1 aromatic heterocycles. The maximum absolute atomic E-state index is 13.9. The first-order chi connectivity index (χ1) is 13.0. The summed E-state index contributed by atoms with van der Waals surface area (Å²) in [5, 5.41) is 2.98. The Morgan fingerprint density at radius 2 is 1.70 bits per heavy atom. The fraction of sp³-hybridized carbons (Fsp3) is 0.150. The predicted octanol–water partition coefficient (Wildman–Crippen LogP) is 5.06. The monoisotopic (exact) mass is 387 g/mol. The van der Waals surface area contributed by atoms with Gasteiger partial charge in [-0.1, -0.05) is 29.8 Å². The molecule has 3 aromatic rings. The zero-order valence-corrected chi connectivity index (χ0v) is 15.0. The van der Waals surface area contributed by atoms with E-state index in [1.807, 2.05) is 30.5 Å². The van der Waals surface area contributed by atoms with Crippen molar-refractivity contribution in [2.45, 2.75) is 12.6 Å². The van der Waals surface area contributed by atoms with Gasteiger partial charge in [0.25, 0.3) is 0 Å². The van der Waals surface area contributed by atoms with E-state index in [2.05, 4.69) is 9.88 Å². The third kappa shape index (κ3) is 3.28. The molecule has 0 spiro atoms. The van der Waals surface area contributed by atoms with Gasteiger partial charge in [-0.2, -0.15) is 0 Å². The van der Waals surface area contributed by atoms with Crippen LogP contribution in [0.1, 0.15) is 17.3 Å². The fourth-order valence-corrected chi connectivity index (χ4v) is 3.52. The molecule has 1 atom stereocenters. The minimum Gasteiger partial charge on any atom is -0.348 e. The minimum atomic E-state index is -0.813. The highest BCUT2D eigenvalue weighted by Gasteiger charge is 2.32. The van der Waals surface area contributed by atoms with Crippen molar-refractivity contribution >= 4 is 23.3 Å². The number of nitrogens with one attached hydrogen (secondary N) is 1. The van der Waals surface area contributed by atoms with Crippen molar-refractivity contribution in [3.05, 3.63) is 88.7 Å². The van der Waals surface area contributed by atoms with Crippen molar-refractivity contribution in [2.24, 2.45) is 0 Å². The zero-order valence-electron chi connectivity index (χ0n) is 14.2. The number of hydrogen-bond donors (Lipinski definition) is 1. The molecular formula is C20H16ClF2N3O. The fourth-order valence-electron chi connectivity index (χ4n) is 3.39. The van der Waals surface area contributed by atoms with Crippen LogP contribution in [0.25, 0.3) is 0 Å². The van der Waals surface area contributed by atoms with Gasteiger partial charge in [-0.05, 0) is 42.0 Å². The van der Waals surface area contributed by atoms with Crippen LogP contribution < -0.4 is 5.32 Å². The molecule has 0 radical (unpaired) electrons. The number of nitrogens with zero attached hydrogens (tertiary/aromatic N) is 2. The van der Waals surface area contributed by atoms with Crippen molar-refractivity contribution in [3.8, 4) is 0 Å². The van der Waals surface area contributed by atoms with Gasteiger partial charge < -0.3 is 14.8 Å². The van der Waals surface area contributed by atoms with Crippen LogP contribution in [-0.4, -0.2) is 22.0 Å². The van der Waals surface area contributed by atoms with Crippen LogP contribution in [0.4, 0.5) is 19.3 Å². The number of halogens is 3. The summed E-state index contributed by atoms with van der Waals surface area (Å²) in [6, 6.07) is 13.6. The average molecular weight is 388 g/mol. The van der Waals surface area contributed by atoms with E-state index in [1.54, 1.807) is 17.0 Å². The van der Waals surface area contributed by atoms with Crippen molar-refractivity contribution in [1.82, 2.24) is 9.47 Å². The Balaban J connectivity index is 1.70. The lowest BCUT2D eigenvalue weighted by molar-refractivity contribution is 0.181. The summed E-state index contributed by atoms with van der Waals surface area (Å²) in [6.45, 7) is 0.997. The van der Waals surface area contributed by atoms with Crippen LogP contribution >= 0.6 is 11.6 Å². The second-order valence-electron chi connectivity index (χ2n) is 6.30. The first-order valence-electron chi connectivity index (χ1n) is 8.47. The molecule has 0 unspecified atom stereocenters. The topological polar surface area (TPSA) is 37.3 Å². The number of para-hydroxylation sites is 1. The van der Waals surface area contributed by atoms with E-state index in [0.29, 0.717) is 18.1 Å². The summed E-state index contributed by atoms with van der Waals surface area (Å²) in [7, 11) is 0. The van der Waals surface area contributed by atoms with E-state index < -0.39 is 23.4 Å². The summed E-state index contributed by atoms with van der Waals surface area (Å²) < 4.78 is 29.9. The van der Waals surface area contributed by atoms with E-state index in [0.717, 1.165) is 23.4 Å². The number of aromatic nitrogens is 1. The lowest BCUT2D eigenvalue weighted by Crippen LogP contribution is -2.44. The second-order valence-corrected chi connectivity index (χ2v) is 6.74. The lowest BCUT2D eigenvalue weighted by Gasteiger charge is -2.37. The van der Waals surface area contributed by atoms with E-state index >= 15 is 0 Å². The molecule has 2 heterocycles. The summed E-state index contributed by atoms with van der Waals surface area (Å²) in [6.07, 6.45) is 1.95. The molecule has 1 aliphatic rings. The Kier molecular flexibility index (Phi) is 4.58. The summed E-state index contributed by atoms with van der Waals surface area (Å²) in [5.41, 5.74) is 1.34. The number of anilines is 1.